The first-order chi connectivity index (χ1) is 17.0. The Labute approximate surface area is 206 Å². The number of hydrogen-bond donors (Lipinski definition) is 3. The van der Waals surface area contributed by atoms with E-state index in [1.807, 2.05) is 54.1 Å². The third-order valence-electron chi connectivity index (χ3n) is 5.39. The first-order valence-corrected chi connectivity index (χ1v) is 11.3. The van der Waals surface area contributed by atoms with E-state index in [9.17, 15) is 4.79 Å². The number of carbonyl (C=O) groups excluding carboxylic acids is 1. The number of pyridine rings is 1. The van der Waals surface area contributed by atoms with Crippen molar-refractivity contribution in [1.29, 1.82) is 0 Å². The number of hydrogen-bond acceptors (Lipinski definition) is 6. The summed E-state index contributed by atoms with van der Waals surface area (Å²) in [5.41, 5.74) is 3.83. The van der Waals surface area contributed by atoms with Gasteiger partial charge in [-0.1, -0.05) is 11.6 Å². The third-order valence-corrected chi connectivity index (χ3v) is 5.64. The molecule has 0 saturated carbocycles. The standard InChI is InChI=1S/C25H22ClN7O2/c1-33-23-7-6-19(12-21(23)32-25(33)31-17-4-2-16(26)3-5-17)35-20-9-11-28-22(13-20)24(34)29-10-8-18-14-27-15-30-18/h2-7,9,11-15H,8,10H2,1H3,(H,27,30)(H,29,34)(H,31,32). The first kappa shape index (κ1) is 22.4. The molecule has 0 aliphatic carbocycles. The molecule has 3 aromatic heterocycles. The highest BCUT2D eigenvalue weighted by Crippen LogP contribution is 2.28. The molecule has 0 aliphatic rings. The second-order valence-corrected chi connectivity index (χ2v) is 8.27. The van der Waals surface area contributed by atoms with Crippen LogP contribution >= 0.6 is 11.6 Å². The molecule has 9 nitrogen and oxygen atoms in total. The quantitative estimate of drug-likeness (QED) is 0.288. The van der Waals surface area contributed by atoms with Gasteiger partial charge < -0.3 is 24.9 Å². The molecule has 3 N–H and O–H groups in total. The largest absolute Gasteiger partial charge is 0.457 e. The topological polar surface area (TPSA) is 110 Å². The normalized spacial score (nSPS) is 10.9. The van der Waals surface area contributed by atoms with Crippen molar-refractivity contribution < 1.29 is 9.53 Å². The van der Waals surface area contributed by atoms with Crippen molar-refractivity contribution >= 4 is 40.2 Å². The number of carbonyl (C=O) groups is 1. The number of benzene rings is 2. The molecular formula is C25H22ClN7O2. The van der Waals surface area contributed by atoms with Crippen LogP contribution in [0.25, 0.3) is 11.0 Å². The second kappa shape index (κ2) is 9.86. The van der Waals surface area contributed by atoms with E-state index in [0.29, 0.717) is 35.4 Å². The Kier molecular flexibility index (Phi) is 6.32. The molecule has 0 atom stereocenters. The Bertz CT molecular complexity index is 1460. The smallest absolute Gasteiger partial charge is 0.270 e. The Hall–Kier alpha value is -4.37. The average Bonchev–Trinajstić information content (AvgIpc) is 3.48. The van der Waals surface area contributed by atoms with Gasteiger partial charge in [-0.25, -0.2) is 9.97 Å². The number of nitrogens with zero attached hydrogens (tertiary/aromatic N) is 4. The third kappa shape index (κ3) is 5.25. The molecule has 176 valence electrons. The van der Waals surface area contributed by atoms with Crippen LogP contribution in [0.15, 0.2) is 73.3 Å². The molecule has 3 heterocycles. The van der Waals surface area contributed by atoms with Gasteiger partial charge in [-0.15, -0.1) is 0 Å². The van der Waals surface area contributed by atoms with E-state index < -0.39 is 0 Å². The number of fused-ring (bicyclic) bond motifs is 1. The number of rotatable bonds is 8. The molecule has 5 aromatic rings. The highest BCUT2D eigenvalue weighted by molar-refractivity contribution is 6.30. The summed E-state index contributed by atoms with van der Waals surface area (Å²) < 4.78 is 7.97. The lowest BCUT2D eigenvalue weighted by molar-refractivity contribution is 0.0948. The van der Waals surface area contributed by atoms with E-state index in [-0.39, 0.29) is 11.6 Å². The Morgan fingerprint density at radius 1 is 1.11 bits per heavy atom. The van der Waals surface area contributed by atoms with Crippen molar-refractivity contribution in [3.8, 4) is 11.5 Å². The predicted molar refractivity (Wildman–Crippen MR) is 134 cm³/mol. The number of H-pyrrole nitrogens is 1. The van der Waals surface area contributed by atoms with Crippen LogP contribution in [-0.2, 0) is 13.5 Å². The maximum atomic E-state index is 12.5. The number of aromatic amines is 1. The van der Waals surface area contributed by atoms with Crippen molar-refractivity contribution in [1.82, 2.24) is 29.8 Å². The molecule has 0 spiro atoms. The summed E-state index contributed by atoms with van der Waals surface area (Å²) in [6.45, 7) is 0.469. The molecule has 2 aromatic carbocycles. The number of nitrogens with one attached hydrogen (secondary N) is 3. The van der Waals surface area contributed by atoms with E-state index in [4.69, 9.17) is 16.3 Å². The molecule has 1 amide bonds. The van der Waals surface area contributed by atoms with Crippen molar-refractivity contribution in [3.63, 3.8) is 0 Å². The molecule has 5 rings (SSSR count). The van der Waals surface area contributed by atoms with E-state index >= 15 is 0 Å². The molecule has 35 heavy (non-hydrogen) atoms. The number of aromatic nitrogens is 5. The van der Waals surface area contributed by atoms with Crippen molar-refractivity contribution in [3.05, 3.63) is 89.7 Å². The van der Waals surface area contributed by atoms with E-state index in [2.05, 4.69) is 30.6 Å². The van der Waals surface area contributed by atoms with E-state index in [1.54, 1.807) is 30.9 Å². The molecule has 0 fully saturated rings. The van der Waals surface area contributed by atoms with Gasteiger partial charge in [0, 0.05) is 60.9 Å². The lowest BCUT2D eigenvalue weighted by Crippen LogP contribution is -2.26. The van der Waals surface area contributed by atoms with Crippen molar-refractivity contribution in [2.24, 2.45) is 7.05 Å². The number of amides is 1. The van der Waals surface area contributed by atoms with Gasteiger partial charge in [0.2, 0.25) is 5.95 Å². The van der Waals surface area contributed by atoms with Crippen LogP contribution in [0, 0.1) is 0 Å². The summed E-state index contributed by atoms with van der Waals surface area (Å²) in [7, 11) is 1.94. The van der Waals surface area contributed by atoms with Gasteiger partial charge in [0.25, 0.3) is 5.91 Å². The Morgan fingerprint density at radius 3 is 2.74 bits per heavy atom. The van der Waals surface area contributed by atoms with Gasteiger partial charge in [0.1, 0.15) is 17.2 Å². The minimum Gasteiger partial charge on any atom is -0.457 e. The zero-order valence-corrected chi connectivity index (χ0v) is 19.6. The number of anilines is 2. The van der Waals surface area contributed by atoms with Crippen LogP contribution in [0.2, 0.25) is 5.02 Å². The minimum atomic E-state index is -0.270. The summed E-state index contributed by atoms with van der Waals surface area (Å²) in [5.74, 6) is 1.53. The van der Waals surface area contributed by atoms with Gasteiger partial charge in [-0.05, 0) is 42.5 Å². The Balaban J connectivity index is 1.27. The number of imidazole rings is 2. The van der Waals surface area contributed by atoms with E-state index in [1.165, 1.54) is 0 Å². The molecule has 0 unspecified atom stereocenters. The second-order valence-electron chi connectivity index (χ2n) is 7.84. The molecule has 0 bridgehead atoms. The van der Waals surface area contributed by atoms with Crippen molar-refractivity contribution in [2.75, 3.05) is 11.9 Å². The predicted octanol–water partition coefficient (Wildman–Crippen LogP) is 4.85. The lowest BCUT2D eigenvalue weighted by atomic mass is 10.3. The summed E-state index contributed by atoms with van der Waals surface area (Å²) in [4.78, 5) is 28.3. The maximum Gasteiger partial charge on any atom is 0.270 e. The molecule has 0 aliphatic heterocycles. The lowest BCUT2D eigenvalue weighted by Gasteiger charge is -2.08. The fraction of sp³-hybridized carbons (Fsp3) is 0.120. The van der Waals surface area contributed by atoms with Gasteiger partial charge >= 0.3 is 0 Å². The average molecular weight is 488 g/mol. The summed E-state index contributed by atoms with van der Waals surface area (Å²) in [6, 6.07) is 16.4. The van der Waals surface area contributed by atoms with Gasteiger partial charge in [-0.3, -0.25) is 9.78 Å². The molecule has 0 saturated heterocycles. The molecule has 10 heteroatoms. The molecule has 0 radical (unpaired) electrons. The van der Waals surface area contributed by atoms with Crippen LogP contribution in [0.3, 0.4) is 0 Å². The van der Waals surface area contributed by atoms with Gasteiger partial charge in [0.15, 0.2) is 0 Å². The van der Waals surface area contributed by atoms with Crippen LogP contribution in [0.4, 0.5) is 11.6 Å². The Morgan fingerprint density at radius 2 is 1.94 bits per heavy atom. The minimum absolute atomic E-state index is 0.270. The zero-order valence-electron chi connectivity index (χ0n) is 18.8. The first-order valence-electron chi connectivity index (χ1n) is 10.9. The summed E-state index contributed by atoms with van der Waals surface area (Å²) in [5, 5.41) is 6.82. The SMILES string of the molecule is Cn1c(Nc2ccc(Cl)cc2)nc2cc(Oc3ccnc(C(=O)NCCc4cnc[nH]4)c3)ccc21. The van der Waals surface area contributed by atoms with Crippen LogP contribution in [-0.4, -0.2) is 37.0 Å². The van der Waals surface area contributed by atoms with Crippen LogP contribution in [0.1, 0.15) is 16.2 Å². The van der Waals surface area contributed by atoms with Gasteiger partial charge in [0.05, 0.1) is 17.4 Å². The van der Waals surface area contributed by atoms with Crippen LogP contribution < -0.4 is 15.4 Å². The monoisotopic (exact) mass is 487 g/mol. The fourth-order valence-electron chi connectivity index (χ4n) is 3.57. The van der Waals surface area contributed by atoms with Gasteiger partial charge in [-0.2, -0.15) is 0 Å². The highest BCUT2D eigenvalue weighted by atomic mass is 35.5. The summed E-state index contributed by atoms with van der Waals surface area (Å²) in [6.07, 6.45) is 5.54. The van der Waals surface area contributed by atoms with Crippen molar-refractivity contribution in [2.45, 2.75) is 6.42 Å². The number of aryl methyl sites for hydroxylation is 1. The highest BCUT2D eigenvalue weighted by Gasteiger charge is 2.12. The van der Waals surface area contributed by atoms with Crippen LogP contribution in [0.5, 0.6) is 11.5 Å². The number of ether oxygens (including phenoxy) is 1. The zero-order chi connectivity index (χ0) is 24.2. The maximum absolute atomic E-state index is 12.5. The number of halogens is 1. The summed E-state index contributed by atoms with van der Waals surface area (Å²) >= 11 is 5.97. The molecular weight excluding hydrogens is 466 g/mol. The fourth-order valence-corrected chi connectivity index (χ4v) is 3.70. The van der Waals surface area contributed by atoms with E-state index in [0.717, 1.165) is 22.4 Å².